The van der Waals surface area contributed by atoms with Gasteiger partial charge >= 0.3 is 0 Å². The molecule has 1 fully saturated rings. The van der Waals surface area contributed by atoms with Gasteiger partial charge in [0, 0.05) is 6.61 Å². The summed E-state index contributed by atoms with van der Waals surface area (Å²) in [5.41, 5.74) is 1.19. The average molecular weight is 350 g/mol. The van der Waals surface area contributed by atoms with Crippen molar-refractivity contribution in [2.24, 2.45) is 17.3 Å². The van der Waals surface area contributed by atoms with E-state index in [4.69, 9.17) is 9.16 Å². The second kappa shape index (κ2) is 8.27. The molecule has 0 aromatic heterocycles. The molecule has 0 spiro atoms. The molecule has 0 saturated carbocycles. The van der Waals surface area contributed by atoms with Gasteiger partial charge in [0.05, 0.1) is 25.2 Å². The lowest BCUT2D eigenvalue weighted by atomic mass is 9.68. The van der Waals surface area contributed by atoms with Gasteiger partial charge in [-0.3, -0.25) is 4.79 Å². The highest BCUT2D eigenvalue weighted by molar-refractivity contribution is 6.48. The summed E-state index contributed by atoms with van der Waals surface area (Å²) in [6, 6.07) is 10.2. The maximum atomic E-state index is 12.2. The van der Waals surface area contributed by atoms with Gasteiger partial charge in [0.15, 0.2) is 9.04 Å². The van der Waals surface area contributed by atoms with Crippen molar-refractivity contribution in [3.63, 3.8) is 0 Å². The fraction of sp³-hybridized carbons (Fsp3) is 0.632. The highest BCUT2D eigenvalue weighted by Crippen LogP contribution is 2.38. The lowest BCUT2D eigenvalue weighted by Crippen LogP contribution is -2.65. The molecule has 24 heavy (non-hydrogen) atoms. The molecular weight excluding hydrogens is 318 g/mol. The number of nitrogens with one attached hydrogen (secondary N) is 1. The Kier molecular flexibility index (Phi) is 6.60. The Morgan fingerprint density at radius 1 is 1.21 bits per heavy atom. The third kappa shape index (κ3) is 5.16. The Bertz CT molecular complexity index is 527. The van der Waals surface area contributed by atoms with E-state index in [9.17, 15) is 4.79 Å². The number of carbonyl (C=O) groups excluding carboxylic acids is 1. The lowest BCUT2D eigenvalue weighted by Gasteiger charge is -2.46. The average Bonchev–Trinajstić information content (AvgIpc) is 2.50. The predicted molar refractivity (Wildman–Crippen MR) is 99.3 cm³/mol. The summed E-state index contributed by atoms with van der Waals surface area (Å²) in [5, 5.41) is 3.01. The monoisotopic (exact) mass is 349 g/mol. The fourth-order valence-corrected chi connectivity index (χ4v) is 3.72. The molecule has 5 heteroatoms. The SMILES string of the molecule is C[SiH](C)OC[C@H]([C@@H]1C(=O)N[C@H]1COCc1ccccc1)C(C)(C)C. The summed E-state index contributed by atoms with van der Waals surface area (Å²) in [5.74, 6) is 0.331. The number of benzene rings is 1. The number of carbonyl (C=O) groups is 1. The number of amides is 1. The first kappa shape index (κ1) is 19.2. The van der Waals surface area contributed by atoms with Crippen LogP contribution in [-0.4, -0.2) is 34.2 Å². The number of β-lactam (4-membered cyclic amide) rings is 1. The molecule has 1 aliphatic heterocycles. The Morgan fingerprint density at radius 2 is 1.88 bits per heavy atom. The quantitative estimate of drug-likeness (QED) is 0.580. The number of hydrogen-bond donors (Lipinski definition) is 1. The maximum Gasteiger partial charge on any atom is 0.225 e. The number of ether oxygens (including phenoxy) is 1. The van der Waals surface area contributed by atoms with Crippen LogP contribution >= 0.6 is 0 Å². The van der Waals surface area contributed by atoms with Crippen molar-refractivity contribution >= 4 is 14.9 Å². The third-order valence-electron chi connectivity index (χ3n) is 4.63. The Labute approximate surface area is 147 Å². The molecule has 1 aliphatic rings. The topological polar surface area (TPSA) is 47.6 Å². The third-order valence-corrected chi connectivity index (χ3v) is 5.49. The van der Waals surface area contributed by atoms with E-state index in [1.807, 2.05) is 18.2 Å². The van der Waals surface area contributed by atoms with Gasteiger partial charge in [0.25, 0.3) is 0 Å². The van der Waals surface area contributed by atoms with Crippen molar-refractivity contribution in [3.05, 3.63) is 35.9 Å². The number of hydrogen-bond acceptors (Lipinski definition) is 3. The van der Waals surface area contributed by atoms with Crippen LogP contribution in [0.4, 0.5) is 0 Å². The van der Waals surface area contributed by atoms with Crippen molar-refractivity contribution in [1.82, 2.24) is 5.32 Å². The zero-order valence-corrected chi connectivity index (χ0v) is 16.7. The predicted octanol–water partition coefficient (Wildman–Crippen LogP) is 2.98. The van der Waals surface area contributed by atoms with Crippen LogP contribution < -0.4 is 5.32 Å². The van der Waals surface area contributed by atoms with E-state index in [1.165, 1.54) is 0 Å². The van der Waals surface area contributed by atoms with Crippen LogP contribution in [0.15, 0.2) is 30.3 Å². The van der Waals surface area contributed by atoms with E-state index in [0.29, 0.717) is 19.8 Å². The van der Waals surface area contributed by atoms with Gasteiger partial charge in [-0.1, -0.05) is 51.1 Å². The standard InChI is InChI=1S/C19H31NO3Si/c1-19(2,3)15(12-23-24(4)5)17-16(20-18(17)21)13-22-11-14-9-7-6-8-10-14/h6-10,15-17,24H,11-13H2,1-5H3,(H,20,21)/t15-,16+,17+/m1/s1. The Morgan fingerprint density at radius 3 is 2.42 bits per heavy atom. The fourth-order valence-electron chi connectivity index (χ4n) is 3.13. The zero-order valence-electron chi connectivity index (χ0n) is 15.5. The molecule has 1 saturated heterocycles. The van der Waals surface area contributed by atoms with E-state index >= 15 is 0 Å². The highest BCUT2D eigenvalue weighted by atomic mass is 28.3. The summed E-state index contributed by atoms with van der Waals surface area (Å²) in [6.45, 7) is 12.7. The van der Waals surface area contributed by atoms with Gasteiger partial charge in [-0.15, -0.1) is 0 Å². The van der Waals surface area contributed by atoms with Crippen molar-refractivity contribution in [2.75, 3.05) is 13.2 Å². The number of rotatable bonds is 8. The first-order valence-corrected chi connectivity index (χ1v) is 11.6. The van der Waals surface area contributed by atoms with Gasteiger partial charge in [-0.25, -0.2) is 0 Å². The van der Waals surface area contributed by atoms with E-state index in [2.05, 4.69) is 51.3 Å². The first-order chi connectivity index (χ1) is 11.3. The van der Waals surface area contributed by atoms with Crippen molar-refractivity contribution in [3.8, 4) is 0 Å². The van der Waals surface area contributed by atoms with E-state index in [-0.39, 0.29) is 29.2 Å². The molecule has 1 heterocycles. The minimum atomic E-state index is -1.09. The summed E-state index contributed by atoms with van der Waals surface area (Å²) in [4.78, 5) is 12.2. The molecule has 0 unspecified atom stereocenters. The van der Waals surface area contributed by atoms with Crippen molar-refractivity contribution in [2.45, 2.75) is 46.5 Å². The minimum Gasteiger partial charge on any atom is -0.420 e. The highest BCUT2D eigenvalue weighted by Gasteiger charge is 2.48. The summed E-state index contributed by atoms with van der Waals surface area (Å²) >= 11 is 0. The van der Waals surface area contributed by atoms with Gasteiger partial charge in [-0.05, 0) is 30.0 Å². The van der Waals surface area contributed by atoms with Crippen LogP contribution in [0.1, 0.15) is 26.3 Å². The smallest absolute Gasteiger partial charge is 0.225 e. The molecule has 4 nitrogen and oxygen atoms in total. The maximum absolute atomic E-state index is 12.2. The normalized spacial score (nSPS) is 22.2. The Balaban J connectivity index is 1.92. The molecule has 134 valence electrons. The minimum absolute atomic E-state index is 0.0199. The van der Waals surface area contributed by atoms with Crippen LogP contribution in [-0.2, 0) is 20.6 Å². The second-order valence-electron chi connectivity index (χ2n) is 8.00. The molecule has 0 aliphatic carbocycles. The zero-order chi connectivity index (χ0) is 17.7. The Hall–Kier alpha value is -1.17. The van der Waals surface area contributed by atoms with Crippen LogP contribution in [0, 0.1) is 17.3 Å². The van der Waals surface area contributed by atoms with Gasteiger partial charge in [-0.2, -0.15) is 0 Å². The molecular formula is C19H31NO3Si. The van der Waals surface area contributed by atoms with E-state index < -0.39 is 9.04 Å². The van der Waals surface area contributed by atoms with Crippen LogP contribution in [0.5, 0.6) is 0 Å². The van der Waals surface area contributed by atoms with E-state index in [0.717, 1.165) is 5.56 Å². The molecule has 2 rings (SSSR count). The van der Waals surface area contributed by atoms with Crippen LogP contribution in [0.2, 0.25) is 13.1 Å². The molecule has 3 atom stereocenters. The lowest BCUT2D eigenvalue weighted by molar-refractivity contribution is -0.145. The van der Waals surface area contributed by atoms with Gasteiger partial charge in [0.1, 0.15) is 0 Å². The summed E-state index contributed by atoms with van der Waals surface area (Å²) in [6.07, 6.45) is 0. The van der Waals surface area contributed by atoms with Crippen molar-refractivity contribution in [1.29, 1.82) is 0 Å². The summed E-state index contributed by atoms with van der Waals surface area (Å²) in [7, 11) is -1.09. The van der Waals surface area contributed by atoms with Crippen LogP contribution in [0.25, 0.3) is 0 Å². The first-order valence-electron chi connectivity index (χ1n) is 8.82. The summed E-state index contributed by atoms with van der Waals surface area (Å²) < 4.78 is 11.8. The second-order valence-corrected chi connectivity index (χ2v) is 10.4. The van der Waals surface area contributed by atoms with Gasteiger partial charge < -0.3 is 14.5 Å². The molecule has 1 aromatic rings. The van der Waals surface area contributed by atoms with Crippen LogP contribution in [0.3, 0.4) is 0 Å². The molecule has 0 bridgehead atoms. The molecule has 1 amide bonds. The van der Waals surface area contributed by atoms with E-state index in [1.54, 1.807) is 0 Å². The largest absolute Gasteiger partial charge is 0.420 e. The van der Waals surface area contributed by atoms with Crippen molar-refractivity contribution < 1.29 is 14.0 Å². The molecule has 0 radical (unpaired) electrons. The molecule has 1 N–H and O–H groups in total. The molecule has 1 aromatic carbocycles. The van der Waals surface area contributed by atoms with Gasteiger partial charge in [0.2, 0.25) is 5.91 Å².